The molecule has 0 radical (unpaired) electrons. The first-order valence-corrected chi connectivity index (χ1v) is 6.36. The number of piperazine rings is 1. The molecule has 100 valence electrons. The predicted molar refractivity (Wildman–Crippen MR) is 73.3 cm³/mol. The predicted octanol–water partition coefficient (Wildman–Crippen LogP) is 1.10. The molecule has 0 aromatic carbocycles. The van der Waals surface area contributed by atoms with Gasteiger partial charge in [0.05, 0.1) is 0 Å². The van der Waals surface area contributed by atoms with Gasteiger partial charge in [0, 0.05) is 32.2 Å². The average Bonchev–Trinajstić information content (AvgIpc) is 2.31. The molecule has 0 aliphatic carbocycles. The third-order valence-electron chi connectivity index (χ3n) is 3.42. The molecule has 0 unspecified atom stereocenters. The molecule has 6 nitrogen and oxygen atoms in total. The molecule has 1 aliphatic rings. The Balaban J connectivity index is 2.24. The van der Waals surface area contributed by atoms with E-state index in [4.69, 9.17) is 11.6 Å². The van der Waals surface area contributed by atoms with Crippen molar-refractivity contribution in [2.45, 2.75) is 19.4 Å². The molecule has 1 N–H and O–H groups in total. The zero-order chi connectivity index (χ0) is 13.3. The maximum atomic E-state index is 5.91. The summed E-state index contributed by atoms with van der Waals surface area (Å²) in [6.45, 7) is 7.16. The number of anilines is 2. The highest BCUT2D eigenvalue weighted by Crippen LogP contribution is 2.23. The Morgan fingerprint density at radius 2 is 1.94 bits per heavy atom. The first-order valence-electron chi connectivity index (χ1n) is 5.98. The number of nitrogens with one attached hydrogen (secondary N) is 1. The first kappa shape index (κ1) is 13.3. The van der Waals surface area contributed by atoms with Crippen LogP contribution >= 0.6 is 11.6 Å². The van der Waals surface area contributed by atoms with Gasteiger partial charge in [-0.3, -0.25) is 4.90 Å². The maximum Gasteiger partial charge on any atom is 0.231 e. The van der Waals surface area contributed by atoms with E-state index >= 15 is 0 Å². The van der Waals surface area contributed by atoms with Gasteiger partial charge in [-0.1, -0.05) is 0 Å². The van der Waals surface area contributed by atoms with Crippen molar-refractivity contribution in [3.63, 3.8) is 0 Å². The molecule has 18 heavy (non-hydrogen) atoms. The van der Waals surface area contributed by atoms with Gasteiger partial charge in [-0.2, -0.15) is 15.0 Å². The van der Waals surface area contributed by atoms with E-state index in [0.717, 1.165) is 19.6 Å². The van der Waals surface area contributed by atoms with Gasteiger partial charge in [0.15, 0.2) is 0 Å². The molecular weight excluding hydrogens is 252 g/mol. The van der Waals surface area contributed by atoms with Gasteiger partial charge in [0.25, 0.3) is 0 Å². The van der Waals surface area contributed by atoms with E-state index in [1.54, 1.807) is 7.05 Å². The van der Waals surface area contributed by atoms with Gasteiger partial charge < -0.3 is 10.2 Å². The summed E-state index contributed by atoms with van der Waals surface area (Å²) in [7, 11) is 3.90. The van der Waals surface area contributed by atoms with Gasteiger partial charge in [-0.25, -0.2) is 0 Å². The second-order valence-corrected chi connectivity index (χ2v) is 5.47. The molecule has 0 spiro atoms. The molecule has 1 aliphatic heterocycles. The maximum absolute atomic E-state index is 5.91. The molecular formula is C11H19ClN6. The summed E-state index contributed by atoms with van der Waals surface area (Å²) >= 11 is 5.91. The Labute approximate surface area is 112 Å². The van der Waals surface area contributed by atoms with Crippen LogP contribution in [-0.4, -0.2) is 59.1 Å². The third kappa shape index (κ3) is 2.64. The summed E-state index contributed by atoms with van der Waals surface area (Å²) in [6.07, 6.45) is 0. The number of rotatable bonds is 2. The van der Waals surface area contributed by atoms with Gasteiger partial charge in [-0.05, 0) is 32.5 Å². The molecule has 1 fully saturated rings. The van der Waals surface area contributed by atoms with Gasteiger partial charge in [-0.15, -0.1) is 0 Å². The minimum absolute atomic E-state index is 0.0944. The van der Waals surface area contributed by atoms with Crippen LogP contribution in [0.25, 0.3) is 0 Å². The second-order valence-electron chi connectivity index (χ2n) is 5.13. The lowest BCUT2D eigenvalue weighted by molar-refractivity contribution is 0.138. The highest BCUT2D eigenvalue weighted by Gasteiger charge is 2.32. The average molecular weight is 271 g/mol. The number of hydrogen-bond donors (Lipinski definition) is 1. The Morgan fingerprint density at radius 3 is 2.56 bits per heavy atom. The normalized spacial score (nSPS) is 19.9. The molecule has 0 amide bonds. The Morgan fingerprint density at radius 1 is 1.22 bits per heavy atom. The smallest absolute Gasteiger partial charge is 0.231 e. The Hall–Kier alpha value is -1.14. The van der Waals surface area contributed by atoms with E-state index in [1.165, 1.54) is 0 Å². The summed E-state index contributed by atoms with van der Waals surface area (Å²) in [6, 6.07) is 0. The largest absolute Gasteiger partial charge is 0.357 e. The number of hydrogen-bond acceptors (Lipinski definition) is 6. The topological polar surface area (TPSA) is 57.2 Å². The molecule has 0 saturated carbocycles. The van der Waals surface area contributed by atoms with Crippen molar-refractivity contribution in [3.8, 4) is 0 Å². The number of aromatic nitrogens is 3. The van der Waals surface area contributed by atoms with E-state index in [9.17, 15) is 0 Å². The van der Waals surface area contributed by atoms with Crippen molar-refractivity contribution in [3.05, 3.63) is 5.28 Å². The van der Waals surface area contributed by atoms with Crippen LogP contribution in [0.5, 0.6) is 0 Å². The number of halogens is 1. The minimum atomic E-state index is 0.0944. The number of likely N-dealkylation sites (N-methyl/N-ethyl adjacent to an activating group) is 1. The quantitative estimate of drug-likeness (QED) is 0.868. The lowest BCUT2D eigenvalue weighted by atomic mass is 10.0. The lowest BCUT2D eigenvalue weighted by Gasteiger charge is -2.45. The highest BCUT2D eigenvalue weighted by atomic mass is 35.5. The van der Waals surface area contributed by atoms with E-state index in [0.29, 0.717) is 11.9 Å². The van der Waals surface area contributed by atoms with Crippen LogP contribution in [0.15, 0.2) is 0 Å². The third-order valence-corrected chi connectivity index (χ3v) is 3.59. The van der Waals surface area contributed by atoms with Gasteiger partial charge in [0.1, 0.15) is 0 Å². The lowest BCUT2D eigenvalue weighted by Crippen LogP contribution is -2.58. The fourth-order valence-corrected chi connectivity index (χ4v) is 2.16. The molecule has 1 aromatic heterocycles. The fraction of sp³-hybridized carbons (Fsp3) is 0.727. The van der Waals surface area contributed by atoms with Crippen LogP contribution < -0.4 is 10.2 Å². The van der Waals surface area contributed by atoms with E-state index in [2.05, 4.69) is 51.0 Å². The summed E-state index contributed by atoms with van der Waals surface area (Å²) in [4.78, 5) is 17.0. The zero-order valence-electron chi connectivity index (χ0n) is 11.2. The molecule has 2 heterocycles. The highest BCUT2D eigenvalue weighted by molar-refractivity contribution is 6.28. The SMILES string of the molecule is CNc1nc(Cl)nc(N2CCN(C)C(C)(C)C2)n1. The monoisotopic (exact) mass is 270 g/mol. The zero-order valence-corrected chi connectivity index (χ0v) is 12.0. The summed E-state index contributed by atoms with van der Waals surface area (Å²) in [5, 5.41) is 3.12. The first-order chi connectivity index (χ1) is 8.42. The standard InChI is InChI=1S/C11H19ClN6/c1-11(2)7-18(6-5-17(11)4)10-15-8(12)14-9(13-3)16-10/h5-7H2,1-4H3,(H,13,14,15,16). The fourth-order valence-electron chi connectivity index (χ4n) is 2.00. The van der Waals surface area contributed by atoms with Crippen LogP contribution in [-0.2, 0) is 0 Å². The van der Waals surface area contributed by atoms with Gasteiger partial charge in [0.2, 0.25) is 17.2 Å². The molecule has 1 saturated heterocycles. The number of nitrogens with zero attached hydrogens (tertiary/aromatic N) is 5. The van der Waals surface area contributed by atoms with Crippen LogP contribution in [0.2, 0.25) is 5.28 Å². The van der Waals surface area contributed by atoms with E-state index in [-0.39, 0.29) is 10.8 Å². The van der Waals surface area contributed by atoms with E-state index in [1.807, 2.05) is 0 Å². The van der Waals surface area contributed by atoms with Gasteiger partial charge >= 0.3 is 0 Å². The van der Waals surface area contributed by atoms with Crippen LogP contribution in [0.4, 0.5) is 11.9 Å². The van der Waals surface area contributed by atoms with E-state index < -0.39 is 0 Å². The molecule has 1 aromatic rings. The molecule has 2 rings (SSSR count). The van der Waals surface area contributed by atoms with Crippen molar-refractivity contribution < 1.29 is 0 Å². The Bertz CT molecular complexity index is 436. The van der Waals surface area contributed by atoms with Crippen LogP contribution in [0, 0.1) is 0 Å². The van der Waals surface area contributed by atoms with Crippen molar-refractivity contribution in [1.29, 1.82) is 0 Å². The molecule has 0 atom stereocenters. The van der Waals surface area contributed by atoms with Crippen molar-refractivity contribution in [2.75, 3.05) is 43.9 Å². The van der Waals surface area contributed by atoms with Crippen molar-refractivity contribution >= 4 is 23.5 Å². The molecule has 0 bridgehead atoms. The summed E-state index contributed by atoms with van der Waals surface area (Å²) in [5.41, 5.74) is 0.0944. The Kier molecular flexibility index (Phi) is 3.59. The second kappa shape index (κ2) is 4.85. The van der Waals surface area contributed by atoms with Crippen molar-refractivity contribution in [1.82, 2.24) is 19.9 Å². The summed E-state index contributed by atoms with van der Waals surface area (Å²) in [5.74, 6) is 1.14. The summed E-state index contributed by atoms with van der Waals surface area (Å²) < 4.78 is 0. The minimum Gasteiger partial charge on any atom is -0.357 e. The molecule has 7 heteroatoms. The van der Waals surface area contributed by atoms with Crippen molar-refractivity contribution in [2.24, 2.45) is 0 Å². The van der Waals surface area contributed by atoms with Crippen LogP contribution in [0.3, 0.4) is 0 Å². The van der Waals surface area contributed by atoms with Crippen LogP contribution in [0.1, 0.15) is 13.8 Å².